The Labute approximate surface area is 236 Å². The molecule has 16 heteroatoms. The Hall–Kier alpha value is -3.26. The smallest absolute Gasteiger partial charge is 0.421 e. The zero-order chi connectivity index (χ0) is 29.5. The highest BCUT2D eigenvalue weighted by molar-refractivity contribution is 9.10. The number of ether oxygens (including phenoxy) is 1. The summed E-state index contributed by atoms with van der Waals surface area (Å²) in [6.07, 6.45) is -4.19. The molecule has 216 valence electrons. The van der Waals surface area contributed by atoms with Crippen molar-refractivity contribution in [2.24, 2.45) is 0 Å². The van der Waals surface area contributed by atoms with E-state index in [1.54, 1.807) is 32.0 Å². The van der Waals surface area contributed by atoms with Gasteiger partial charge in [0.15, 0.2) is 5.69 Å². The molecule has 0 aliphatic heterocycles. The van der Waals surface area contributed by atoms with Crippen LogP contribution in [0, 0.1) is 0 Å². The molecule has 3 rings (SSSR count). The van der Waals surface area contributed by atoms with E-state index in [9.17, 15) is 22.5 Å². The Morgan fingerprint density at radius 1 is 1.05 bits per heavy atom. The van der Waals surface area contributed by atoms with Gasteiger partial charge in [0.25, 0.3) is 5.91 Å². The van der Waals surface area contributed by atoms with Crippen LogP contribution in [0.25, 0.3) is 0 Å². The fourth-order valence-corrected chi connectivity index (χ4v) is 5.50. The topological polar surface area (TPSA) is 137 Å². The van der Waals surface area contributed by atoms with E-state index in [1.165, 1.54) is 26.3 Å². The van der Waals surface area contributed by atoms with Crippen LogP contribution in [-0.2, 0) is 26.0 Å². The second-order valence-corrected chi connectivity index (χ2v) is 10.8. The molecular weight excluding hydrogens is 620 g/mol. The molecule has 0 bridgehead atoms. The lowest BCUT2D eigenvalue weighted by atomic mass is 10.2. The molecule has 0 spiro atoms. The van der Waals surface area contributed by atoms with Crippen LogP contribution in [0.1, 0.15) is 35.5 Å². The van der Waals surface area contributed by atoms with Crippen LogP contribution in [0.3, 0.4) is 0 Å². The molecule has 0 saturated carbocycles. The summed E-state index contributed by atoms with van der Waals surface area (Å²) in [6.45, 7) is 3.82. The van der Waals surface area contributed by atoms with Gasteiger partial charge in [-0.15, -0.1) is 0 Å². The molecule has 2 aromatic heterocycles. The molecule has 3 N–H and O–H groups in total. The first kappa shape index (κ1) is 31.3. The summed E-state index contributed by atoms with van der Waals surface area (Å²) in [5.74, 6) is -1.13. The van der Waals surface area contributed by atoms with E-state index in [2.05, 4.69) is 46.8 Å². The number of hydrogen-bond acceptors (Lipinski definition) is 10. The number of methoxy groups -OCH3 is 1. The number of carbonyl (C=O) groups excluding carboxylic acids is 1. The van der Waals surface area contributed by atoms with Crippen LogP contribution in [0.4, 0.5) is 36.3 Å². The number of amides is 1. The van der Waals surface area contributed by atoms with Gasteiger partial charge in [-0.05, 0) is 59.6 Å². The number of carbonyl (C=O) groups is 1. The number of halogens is 4. The molecule has 0 atom stereocenters. The van der Waals surface area contributed by atoms with Crippen LogP contribution in [0.15, 0.2) is 41.1 Å². The van der Waals surface area contributed by atoms with Crippen molar-refractivity contribution in [2.45, 2.75) is 26.2 Å². The van der Waals surface area contributed by atoms with E-state index in [0.717, 1.165) is 0 Å². The van der Waals surface area contributed by atoms with Gasteiger partial charge in [0.2, 0.25) is 5.95 Å². The fourth-order valence-electron chi connectivity index (χ4n) is 3.50. The maximum absolute atomic E-state index is 13.8. The fraction of sp³-hybridized carbons (Fsp3) is 0.333. The Balaban J connectivity index is 1.96. The highest BCUT2D eigenvalue weighted by atomic mass is 79.9. The lowest BCUT2D eigenvalue weighted by molar-refractivity contribution is -0.137. The van der Waals surface area contributed by atoms with Crippen molar-refractivity contribution in [3.63, 3.8) is 0 Å². The SMILES string of the molecule is CCOP(=O)(Cc1ccc(Nc2ncc(C(F)(F)F)c(Nc3ccc(Br)nc3C(=O)NC)n2)c(OC)c1)OCC. The molecule has 40 heavy (non-hydrogen) atoms. The molecule has 0 radical (unpaired) electrons. The van der Waals surface area contributed by atoms with Crippen LogP contribution in [-0.4, -0.2) is 48.2 Å². The van der Waals surface area contributed by atoms with Crippen LogP contribution >= 0.6 is 23.5 Å². The summed E-state index contributed by atoms with van der Waals surface area (Å²) in [7, 11) is -0.616. The number of nitrogens with one attached hydrogen (secondary N) is 3. The largest absolute Gasteiger partial charge is 0.495 e. The molecule has 11 nitrogen and oxygen atoms in total. The normalized spacial score (nSPS) is 11.7. The van der Waals surface area contributed by atoms with Gasteiger partial charge >= 0.3 is 13.8 Å². The van der Waals surface area contributed by atoms with Crippen LogP contribution in [0.2, 0.25) is 0 Å². The molecule has 0 aliphatic rings. The molecule has 0 unspecified atom stereocenters. The first-order valence-corrected chi connectivity index (χ1v) is 14.4. The number of anilines is 4. The van der Waals surface area contributed by atoms with Crippen molar-refractivity contribution in [3.05, 3.63) is 58.0 Å². The summed E-state index contributed by atoms with van der Waals surface area (Å²) in [6, 6.07) is 7.67. The maximum atomic E-state index is 13.8. The van der Waals surface area contributed by atoms with Crippen molar-refractivity contribution < 1.29 is 36.3 Å². The van der Waals surface area contributed by atoms with E-state index < -0.39 is 31.1 Å². The highest BCUT2D eigenvalue weighted by Crippen LogP contribution is 2.51. The third kappa shape index (κ3) is 7.90. The molecule has 2 heterocycles. The molecule has 0 saturated heterocycles. The lowest BCUT2D eigenvalue weighted by Crippen LogP contribution is -2.21. The average Bonchev–Trinajstić information content (AvgIpc) is 2.89. The minimum absolute atomic E-state index is 0.00680. The van der Waals surface area contributed by atoms with E-state index in [4.69, 9.17) is 13.8 Å². The van der Waals surface area contributed by atoms with Gasteiger partial charge in [-0.1, -0.05) is 6.07 Å². The summed E-state index contributed by atoms with van der Waals surface area (Å²) >= 11 is 3.15. The maximum Gasteiger partial charge on any atom is 0.421 e. The molecule has 1 aromatic carbocycles. The number of rotatable bonds is 12. The third-order valence-electron chi connectivity index (χ3n) is 5.19. The number of aromatic nitrogens is 3. The van der Waals surface area contributed by atoms with Crippen molar-refractivity contribution in [2.75, 3.05) is 38.0 Å². The average molecular weight is 647 g/mol. The van der Waals surface area contributed by atoms with Gasteiger partial charge in [-0.3, -0.25) is 9.36 Å². The second kappa shape index (κ2) is 13.4. The molecule has 1 amide bonds. The number of pyridine rings is 1. The first-order chi connectivity index (χ1) is 18.9. The van der Waals surface area contributed by atoms with Crippen molar-refractivity contribution in [3.8, 4) is 5.75 Å². The van der Waals surface area contributed by atoms with Gasteiger partial charge < -0.3 is 29.7 Å². The summed E-state index contributed by atoms with van der Waals surface area (Å²) in [5, 5.41) is 7.79. The Morgan fingerprint density at radius 3 is 2.33 bits per heavy atom. The van der Waals surface area contributed by atoms with Crippen LogP contribution in [0.5, 0.6) is 5.75 Å². The zero-order valence-electron chi connectivity index (χ0n) is 21.9. The standard InChI is InChI=1S/C24H27BrF3N6O5P/c1-5-38-40(36,39-6-2)13-14-7-8-16(18(11-14)37-4)32-23-30-12-15(24(26,27)28)21(34-23)31-17-9-10-19(25)33-20(17)22(35)29-3/h7-12H,5-6,13H2,1-4H3,(H,29,35)(H2,30,31,32,34). The summed E-state index contributed by atoms with van der Waals surface area (Å²) in [4.78, 5) is 24.2. The van der Waals surface area contributed by atoms with Gasteiger partial charge in [0, 0.05) is 13.2 Å². The van der Waals surface area contributed by atoms with Crippen molar-refractivity contribution >= 4 is 52.6 Å². The van der Waals surface area contributed by atoms with Gasteiger partial charge in [-0.25, -0.2) is 9.97 Å². The van der Waals surface area contributed by atoms with Crippen molar-refractivity contribution in [1.29, 1.82) is 0 Å². The van der Waals surface area contributed by atoms with E-state index in [-0.39, 0.29) is 42.5 Å². The van der Waals surface area contributed by atoms with E-state index in [1.807, 2.05) is 0 Å². The molecular formula is C24H27BrF3N6O5P. The number of hydrogen-bond donors (Lipinski definition) is 3. The lowest BCUT2D eigenvalue weighted by Gasteiger charge is -2.18. The predicted octanol–water partition coefficient (Wildman–Crippen LogP) is 6.27. The highest BCUT2D eigenvalue weighted by Gasteiger charge is 2.36. The number of benzene rings is 1. The van der Waals surface area contributed by atoms with Gasteiger partial charge in [0.1, 0.15) is 21.7 Å². The first-order valence-electron chi connectivity index (χ1n) is 11.8. The van der Waals surface area contributed by atoms with E-state index in [0.29, 0.717) is 22.1 Å². The van der Waals surface area contributed by atoms with Gasteiger partial charge in [-0.2, -0.15) is 18.2 Å². The predicted molar refractivity (Wildman–Crippen MR) is 146 cm³/mol. The Morgan fingerprint density at radius 2 is 1.73 bits per heavy atom. The second-order valence-electron chi connectivity index (χ2n) is 7.95. The molecule has 0 aliphatic carbocycles. The Bertz CT molecular complexity index is 1400. The number of nitrogens with zero attached hydrogens (tertiary/aromatic N) is 3. The summed E-state index contributed by atoms with van der Waals surface area (Å²) < 4.78 is 70.7. The van der Waals surface area contributed by atoms with Crippen LogP contribution < -0.4 is 20.7 Å². The third-order valence-corrected chi connectivity index (χ3v) is 7.69. The van der Waals surface area contributed by atoms with Gasteiger partial charge in [0.05, 0.1) is 37.9 Å². The molecule has 3 aromatic rings. The summed E-state index contributed by atoms with van der Waals surface area (Å²) in [5.41, 5.74) is -0.392. The quantitative estimate of drug-likeness (QED) is 0.152. The monoisotopic (exact) mass is 646 g/mol. The number of alkyl halides is 3. The molecule has 0 fully saturated rings. The van der Waals surface area contributed by atoms with E-state index >= 15 is 0 Å². The zero-order valence-corrected chi connectivity index (χ0v) is 24.4. The minimum atomic E-state index is -4.80. The Kier molecular flexibility index (Phi) is 10.5. The van der Waals surface area contributed by atoms with Crippen molar-refractivity contribution in [1.82, 2.24) is 20.3 Å². The minimum Gasteiger partial charge on any atom is -0.495 e.